The van der Waals surface area contributed by atoms with Crippen LogP contribution < -0.4 is 11.5 Å². The molecule has 2 aromatic rings. The fourth-order valence-electron chi connectivity index (χ4n) is 1.40. The molecule has 0 unspecified atom stereocenters. The molecule has 2 amide bonds. The van der Waals surface area contributed by atoms with E-state index in [2.05, 4.69) is 11.5 Å². The summed E-state index contributed by atoms with van der Waals surface area (Å²) < 4.78 is 0. The Bertz CT molecular complexity index is 675. The fraction of sp³-hybridized carbons (Fsp3) is 0. The number of primary amides is 2. The van der Waals surface area contributed by atoms with E-state index in [9.17, 15) is 19.5 Å². The number of carboxylic acid groups (broad SMARTS) is 1. The van der Waals surface area contributed by atoms with E-state index in [1.165, 1.54) is 12.1 Å². The summed E-state index contributed by atoms with van der Waals surface area (Å²) in [6, 6.07) is 10.2. The lowest BCUT2D eigenvalue weighted by Crippen LogP contribution is -2.29. The number of nitrogens with two attached hydrogens (primary N) is 2. The molecule has 8 heteroatoms. The van der Waals surface area contributed by atoms with E-state index in [1.54, 1.807) is 6.07 Å². The van der Waals surface area contributed by atoms with E-state index in [0.717, 1.165) is 10.8 Å². The van der Waals surface area contributed by atoms with E-state index in [0.29, 0.717) is 0 Å². The van der Waals surface area contributed by atoms with E-state index in [1.807, 2.05) is 18.2 Å². The van der Waals surface area contributed by atoms with Crippen LogP contribution in [0.25, 0.3) is 10.8 Å². The number of fused-ring (bicyclic) bond motifs is 1. The van der Waals surface area contributed by atoms with Crippen molar-refractivity contribution in [2.75, 3.05) is 0 Å². The number of benzene rings is 2. The van der Waals surface area contributed by atoms with E-state index in [-0.39, 0.29) is 23.7 Å². The summed E-state index contributed by atoms with van der Waals surface area (Å²) in [5.74, 6) is -3.52. The highest BCUT2D eigenvalue weighted by molar-refractivity contribution is 6.33. The summed E-state index contributed by atoms with van der Waals surface area (Å²) in [5, 5.41) is 19.8. The molecular formula is C13H13ClN2O5. The van der Waals surface area contributed by atoms with Gasteiger partial charge in [-0.25, -0.2) is 4.79 Å². The topological polar surface area (TPSA) is 144 Å². The molecule has 6 N–H and O–H groups in total. The van der Waals surface area contributed by atoms with Gasteiger partial charge in [-0.2, -0.15) is 0 Å². The van der Waals surface area contributed by atoms with Crippen LogP contribution in [0.3, 0.4) is 0 Å². The second-order valence-corrected chi connectivity index (χ2v) is 3.75. The van der Waals surface area contributed by atoms with Crippen molar-refractivity contribution < 1.29 is 24.6 Å². The molecule has 0 saturated carbocycles. The number of carbonyl (C=O) groups excluding carboxylic acids is 2. The van der Waals surface area contributed by atoms with Crippen molar-refractivity contribution in [3.63, 3.8) is 0 Å². The lowest BCUT2D eigenvalue weighted by molar-refractivity contribution is -0.135. The monoisotopic (exact) mass is 312 g/mol. The number of carboxylic acids is 1. The normalized spacial score (nSPS) is 8.95. The van der Waals surface area contributed by atoms with Crippen molar-refractivity contribution in [2.45, 2.75) is 0 Å². The average molecular weight is 313 g/mol. The fourth-order valence-corrected chi connectivity index (χ4v) is 1.40. The molecule has 0 radical (unpaired) electrons. The van der Waals surface area contributed by atoms with Crippen LogP contribution in [0.4, 0.5) is 0 Å². The highest BCUT2D eigenvalue weighted by Gasteiger charge is 2.09. The maximum atomic E-state index is 10.7. The van der Waals surface area contributed by atoms with Gasteiger partial charge in [0.15, 0.2) is 0 Å². The molecule has 0 bridgehead atoms. The Hall–Kier alpha value is -2.80. The summed E-state index contributed by atoms with van der Waals surface area (Å²) in [5.41, 5.74) is 8.58. The molecule has 0 aliphatic heterocycles. The SMILES string of the molecule is Cl.NC(=O)C(N)=O.O=C(O)c1cc2ccccc2cc1O. The van der Waals surface area contributed by atoms with Gasteiger partial charge < -0.3 is 21.7 Å². The lowest BCUT2D eigenvalue weighted by Gasteiger charge is -2.02. The minimum absolute atomic E-state index is 0. The first-order valence-electron chi connectivity index (χ1n) is 5.37. The summed E-state index contributed by atoms with van der Waals surface area (Å²) >= 11 is 0. The van der Waals surface area contributed by atoms with Gasteiger partial charge >= 0.3 is 17.8 Å². The molecule has 112 valence electrons. The second kappa shape index (κ2) is 7.71. The van der Waals surface area contributed by atoms with E-state index < -0.39 is 17.8 Å². The van der Waals surface area contributed by atoms with Crippen LogP contribution >= 0.6 is 12.4 Å². The molecule has 21 heavy (non-hydrogen) atoms. The maximum absolute atomic E-state index is 10.7. The molecule has 2 aromatic carbocycles. The van der Waals surface area contributed by atoms with Crippen molar-refractivity contribution in [1.29, 1.82) is 0 Å². The Morgan fingerprint density at radius 3 is 1.71 bits per heavy atom. The third-order valence-electron chi connectivity index (χ3n) is 2.34. The van der Waals surface area contributed by atoms with Crippen molar-refractivity contribution in [1.82, 2.24) is 0 Å². The summed E-state index contributed by atoms with van der Waals surface area (Å²) in [6.07, 6.45) is 0. The molecule has 0 aromatic heterocycles. The first-order chi connectivity index (χ1) is 9.32. The molecule has 0 atom stereocenters. The van der Waals surface area contributed by atoms with Gasteiger partial charge in [0.25, 0.3) is 0 Å². The Morgan fingerprint density at radius 2 is 1.33 bits per heavy atom. The quantitative estimate of drug-likeness (QED) is 0.571. The number of carbonyl (C=O) groups is 3. The van der Waals surface area contributed by atoms with Crippen LogP contribution in [0.5, 0.6) is 5.75 Å². The van der Waals surface area contributed by atoms with Gasteiger partial charge in [0.05, 0.1) is 0 Å². The zero-order valence-corrected chi connectivity index (χ0v) is 11.5. The van der Waals surface area contributed by atoms with Gasteiger partial charge in [-0.05, 0) is 22.9 Å². The molecule has 0 fully saturated rings. The number of halogens is 1. The Morgan fingerprint density at radius 1 is 0.905 bits per heavy atom. The molecule has 0 aliphatic carbocycles. The van der Waals surface area contributed by atoms with Gasteiger partial charge in [0.1, 0.15) is 11.3 Å². The van der Waals surface area contributed by atoms with E-state index in [4.69, 9.17) is 5.11 Å². The summed E-state index contributed by atoms with van der Waals surface area (Å²) in [4.78, 5) is 29.6. The summed E-state index contributed by atoms with van der Waals surface area (Å²) in [6.45, 7) is 0. The maximum Gasteiger partial charge on any atom is 0.339 e. The Labute approximate surface area is 125 Å². The van der Waals surface area contributed by atoms with Crippen molar-refractivity contribution in [3.8, 4) is 5.75 Å². The summed E-state index contributed by atoms with van der Waals surface area (Å²) in [7, 11) is 0. The first-order valence-corrected chi connectivity index (χ1v) is 5.37. The highest BCUT2D eigenvalue weighted by Crippen LogP contribution is 2.24. The van der Waals surface area contributed by atoms with Gasteiger partial charge in [-0.3, -0.25) is 9.59 Å². The Kier molecular flexibility index (Phi) is 6.68. The number of aromatic hydroxyl groups is 1. The molecule has 0 heterocycles. The predicted octanol–water partition coefficient (Wildman–Crippen LogP) is 0.622. The number of amides is 2. The van der Waals surface area contributed by atoms with E-state index >= 15 is 0 Å². The third-order valence-corrected chi connectivity index (χ3v) is 2.34. The number of phenols is 1. The van der Waals surface area contributed by atoms with Crippen LogP contribution in [-0.4, -0.2) is 28.0 Å². The van der Waals surface area contributed by atoms with Gasteiger partial charge in [0.2, 0.25) is 0 Å². The van der Waals surface area contributed by atoms with Crippen molar-refractivity contribution >= 4 is 41.0 Å². The largest absolute Gasteiger partial charge is 0.507 e. The van der Waals surface area contributed by atoms with Gasteiger partial charge in [-0.1, -0.05) is 24.3 Å². The molecular weight excluding hydrogens is 300 g/mol. The first kappa shape index (κ1) is 18.2. The molecule has 0 spiro atoms. The minimum Gasteiger partial charge on any atom is -0.507 e. The zero-order chi connectivity index (χ0) is 15.3. The lowest BCUT2D eigenvalue weighted by atomic mass is 10.1. The second-order valence-electron chi connectivity index (χ2n) is 3.75. The molecule has 7 nitrogen and oxygen atoms in total. The molecule has 0 saturated heterocycles. The van der Waals surface area contributed by atoms with Crippen molar-refractivity contribution in [2.24, 2.45) is 11.5 Å². The highest BCUT2D eigenvalue weighted by atomic mass is 35.5. The van der Waals surface area contributed by atoms with Crippen LogP contribution in [0.15, 0.2) is 36.4 Å². The van der Waals surface area contributed by atoms with Crippen LogP contribution in [0.1, 0.15) is 10.4 Å². The number of rotatable bonds is 1. The predicted molar refractivity (Wildman–Crippen MR) is 78.2 cm³/mol. The van der Waals surface area contributed by atoms with Gasteiger partial charge in [-0.15, -0.1) is 12.4 Å². The minimum atomic E-state index is -1.12. The van der Waals surface area contributed by atoms with Crippen molar-refractivity contribution in [3.05, 3.63) is 42.0 Å². The molecule has 0 aliphatic rings. The third kappa shape index (κ3) is 5.00. The van der Waals surface area contributed by atoms with Crippen LogP contribution in [0.2, 0.25) is 0 Å². The molecule has 2 rings (SSSR count). The number of hydrogen-bond acceptors (Lipinski definition) is 4. The van der Waals surface area contributed by atoms with Crippen LogP contribution in [-0.2, 0) is 9.59 Å². The van der Waals surface area contributed by atoms with Gasteiger partial charge in [0, 0.05) is 0 Å². The number of aromatic carboxylic acids is 1. The van der Waals surface area contributed by atoms with Crippen LogP contribution in [0, 0.1) is 0 Å². The smallest absolute Gasteiger partial charge is 0.339 e. The zero-order valence-electron chi connectivity index (χ0n) is 10.6. The standard InChI is InChI=1S/C11H8O3.C2H4N2O2.ClH/c12-10-6-8-4-2-1-3-7(8)5-9(10)11(13)14;3-1(5)2(4)6;/h1-6,12H,(H,13,14);(H2,3,5)(H2,4,6);1H. The average Bonchev–Trinajstić information content (AvgIpc) is 2.38. The number of hydrogen-bond donors (Lipinski definition) is 4. The Balaban J connectivity index is 0.000000495.